The van der Waals surface area contributed by atoms with E-state index >= 15 is 0 Å². The van der Waals surface area contributed by atoms with Crippen molar-refractivity contribution < 1.29 is 14.8 Å². The Labute approximate surface area is 104 Å². The third kappa shape index (κ3) is 3.52. The predicted molar refractivity (Wildman–Crippen MR) is 62.8 cm³/mol. The molecule has 100 valence electrons. The highest BCUT2D eigenvalue weighted by Crippen LogP contribution is 2.08. The van der Waals surface area contributed by atoms with E-state index in [1.807, 2.05) is 13.8 Å². The van der Waals surface area contributed by atoms with E-state index in [1.54, 1.807) is 0 Å². The van der Waals surface area contributed by atoms with Crippen molar-refractivity contribution >= 4 is 11.6 Å². The number of aromatic nitrogens is 2. The van der Waals surface area contributed by atoms with Gasteiger partial charge >= 0.3 is 5.69 Å². The predicted octanol–water partition coefficient (Wildman–Crippen LogP) is 0.0206. The van der Waals surface area contributed by atoms with E-state index in [0.717, 1.165) is 6.20 Å². The van der Waals surface area contributed by atoms with Crippen LogP contribution in [0, 0.1) is 10.1 Å². The fourth-order valence-electron chi connectivity index (χ4n) is 1.54. The zero-order valence-corrected chi connectivity index (χ0v) is 10.3. The second-order valence-electron chi connectivity index (χ2n) is 4.06. The molecular formula is C10H16N4O4. The normalized spacial score (nSPS) is 10.7. The monoisotopic (exact) mass is 256 g/mol. The molecule has 0 atom stereocenters. The maximum atomic E-state index is 11.9. The fraction of sp³-hybridized carbons (Fsp3) is 0.600. The third-order valence-electron chi connectivity index (χ3n) is 2.41. The van der Waals surface area contributed by atoms with Crippen molar-refractivity contribution in [2.45, 2.75) is 26.4 Å². The van der Waals surface area contributed by atoms with Crippen LogP contribution in [0.2, 0.25) is 0 Å². The Hall–Kier alpha value is -1.96. The molecule has 1 aromatic heterocycles. The molecule has 0 aliphatic rings. The van der Waals surface area contributed by atoms with Gasteiger partial charge in [-0.05, 0) is 13.8 Å². The second kappa shape index (κ2) is 6.10. The minimum absolute atomic E-state index is 0.0461. The Morgan fingerprint density at radius 3 is 2.78 bits per heavy atom. The van der Waals surface area contributed by atoms with Crippen molar-refractivity contribution in [1.82, 2.24) is 14.7 Å². The summed E-state index contributed by atoms with van der Waals surface area (Å²) in [5, 5.41) is 23.1. The van der Waals surface area contributed by atoms with Crippen LogP contribution in [0.1, 0.15) is 13.8 Å². The van der Waals surface area contributed by atoms with Gasteiger partial charge in [-0.25, -0.2) is 0 Å². The largest absolute Gasteiger partial charge is 0.395 e. The Bertz CT molecular complexity index is 429. The number of hydrogen-bond acceptors (Lipinski definition) is 5. The van der Waals surface area contributed by atoms with Crippen molar-refractivity contribution in [2.24, 2.45) is 0 Å². The first-order valence-corrected chi connectivity index (χ1v) is 5.53. The van der Waals surface area contributed by atoms with Gasteiger partial charge in [0.1, 0.15) is 18.9 Å². The van der Waals surface area contributed by atoms with E-state index in [0.29, 0.717) is 0 Å². The summed E-state index contributed by atoms with van der Waals surface area (Å²) in [5.41, 5.74) is -0.152. The van der Waals surface area contributed by atoms with Crippen molar-refractivity contribution in [1.29, 1.82) is 0 Å². The lowest BCUT2D eigenvalue weighted by Gasteiger charge is -2.25. The van der Waals surface area contributed by atoms with Crippen LogP contribution in [-0.2, 0) is 11.3 Å². The van der Waals surface area contributed by atoms with Crippen LogP contribution in [0.4, 0.5) is 5.69 Å². The zero-order valence-electron chi connectivity index (χ0n) is 10.3. The highest BCUT2D eigenvalue weighted by Gasteiger charge is 2.18. The van der Waals surface area contributed by atoms with Gasteiger partial charge in [-0.15, -0.1) is 0 Å². The van der Waals surface area contributed by atoms with Gasteiger partial charge in [-0.3, -0.25) is 19.6 Å². The van der Waals surface area contributed by atoms with Gasteiger partial charge in [-0.2, -0.15) is 5.10 Å². The summed E-state index contributed by atoms with van der Waals surface area (Å²) < 4.78 is 1.22. The fourth-order valence-corrected chi connectivity index (χ4v) is 1.54. The molecule has 0 unspecified atom stereocenters. The summed E-state index contributed by atoms with van der Waals surface area (Å²) in [6.07, 6.45) is 2.30. The smallest absolute Gasteiger partial charge is 0.307 e. The van der Waals surface area contributed by atoms with Crippen molar-refractivity contribution in [2.75, 3.05) is 13.2 Å². The average molecular weight is 256 g/mol. The number of amides is 1. The van der Waals surface area contributed by atoms with Gasteiger partial charge in [0.15, 0.2) is 0 Å². The quantitative estimate of drug-likeness (QED) is 0.571. The van der Waals surface area contributed by atoms with Gasteiger partial charge in [0.25, 0.3) is 0 Å². The molecule has 1 heterocycles. The first kappa shape index (κ1) is 14.1. The SMILES string of the molecule is CC(C)N(CCO)C(=O)Cn1cc([N+](=O)[O-])cn1. The summed E-state index contributed by atoms with van der Waals surface area (Å²) in [4.78, 5) is 23.3. The molecule has 0 aromatic carbocycles. The van der Waals surface area contributed by atoms with Gasteiger partial charge in [-0.1, -0.05) is 0 Å². The van der Waals surface area contributed by atoms with E-state index < -0.39 is 4.92 Å². The molecule has 0 fully saturated rings. The Kier molecular flexibility index (Phi) is 4.78. The molecule has 0 radical (unpaired) electrons. The third-order valence-corrected chi connectivity index (χ3v) is 2.41. The number of aliphatic hydroxyl groups is 1. The van der Waals surface area contributed by atoms with Crippen molar-refractivity contribution in [3.63, 3.8) is 0 Å². The van der Waals surface area contributed by atoms with Crippen LogP contribution in [0.5, 0.6) is 0 Å². The molecular weight excluding hydrogens is 240 g/mol. The summed E-state index contributed by atoms with van der Waals surface area (Å²) in [5.74, 6) is -0.239. The van der Waals surface area contributed by atoms with Crippen LogP contribution in [0.3, 0.4) is 0 Å². The number of rotatable bonds is 6. The van der Waals surface area contributed by atoms with Crippen LogP contribution in [-0.4, -0.2) is 49.8 Å². The van der Waals surface area contributed by atoms with E-state index in [2.05, 4.69) is 5.10 Å². The summed E-state index contributed by atoms with van der Waals surface area (Å²) in [7, 11) is 0. The van der Waals surface area contributed by atoms with E-state index in [4.69, 9.17) is 5.11 Å². The Morgan fingerprint density at radius 1 is 1.67 bits per heavy atom. The minimum atomic E-state index is -0.568. The lowest BCUT2D eigenvalue weighted by atomic mass is 10.3. The summed E-state index contributed by atoms with van der Waals surface area (Å²) in [6.45, 7) is 3.70. The number of carbonyl (C=O) groups is 1. The number of nitro groups is 1. The number of carbonyl (C=O) groups excluding carboxylic acids is 1. The van der Waals surface area contributed by atoms with Gasteiger partial charge in [0.05, 0.1) is 11.5 Å². The van der Waals surface area contributed by atoms with Gasteiger partial charge in [0, 0.05) is 12.6 Å². The highest BCUT2D eigenvalue weighted by atomic mass is 16.6. The maximum Gasteiger partial charge on any atom is 0.307 e. The average Bonchev–Trinajstić information content (AvgIpc) is 2.73. The molecule has 1 aromatic rings. The lowest BCUT2D eigenvalue weighted by molar-refractivity contribution is -0.385. The molecule has 0 bridgehead atoms. The topological polar surface area (TPSA) is 102 Å². The van der Waals surface area contributed by atoms with E-state index in [9.17, 15) is 14.9 Å². The molecule has 0 saturated heterocycles. The molecule has 0 spiro atoms. The second-order valence-corrected chi connectivity index (χ2v) is 4.06. The number of aliphatic hydroxyl groups excluding tert-OH is 1. The molecule has 0 aliphatic heterocycles. The van der Waals surface area contributed by atoms with E-state index in [1.165, 1.54) is 15.8 Å². The molecule has 1 rings (SSSR count). The molecule has 0 saturated carbocycles. The number of hydrogen-bond donors (Lipinski definition) is 1. The van der Waals surface area contributed by atoms with Crippen molar-refractivity contribution in [3.05, 3.63) is 22.5 Å². The zero-order chi connectivity index (χ0) is 13.7. The van der Waals surface area contributed by atoms with Crippen LogP contribution in [0.25, 0.3) is 0 Å². The molecule has 1 N–H and O–H groups in total. The first-order valence-electron chi connectivity index (χ1n) is 5.53. The highest BCUT2D eigenvalue weighted by molar-refractivity contribution is 5.76. The van der Waals surface area contributed by atoms with Gasteiger partial charge < -0.3 is 10.0 Å². The Morgan fingerprint density at radius 2 is 2.33 bits per heavy atom. The van der Waals surface area contributed by atoms with Crippen LogP contribution < -0.4 is 0 Å². The first-order chi connectivity index (χ1) is 8.45. The van der Waals surface area contributed by atoms with Crippen LogP contribution in [0.15, 0.2) is 12.4 Å². The standard InChI is InChI=1S/C10H16N4O4/c1-8(2)13(3-4-15)10(16)7-12-6-9(5-11-12)14(17)18/h5-6,8,15H,3-4,7H2,1-2H3. The maximum absolute atomic E-state index is 11.9. The summed E-state index contributed by atoms with van der Waals surface area (Å²) >= 11 is 0. The summed E-state index contributed by atoms with van der Waals surface area (Å²) in [6, 6.07) is -0.0461. The lowest BCUT2D eigenvalue weighted by Crippen LogP contribution is -2.41. The molecule has 8 heteroatoms. The Balaban J connectivity index is 2.69. The van der Waals surface area contributed by atoms with Crippen molar-refractivity contribution in [3.8, 4) is 0 Å². The minimum Gasteiger partial charge on any atom is -0.395 e. The molecule has 1 amide bonds. The molecule has 0 aliphatic carbocycles. The number of nitrogens with zero attached hydrogens (tertiary/aromatic N) is 4. The molecule has 8 nitrogen and oxygen atoms in total. The van der Waals surface area contributed by atoms with Crippen LogP contribution >= 0.6 is 0 Å². The molecule has 18 heavy (non-hydrogen) atoms. The van der Waals surface area contributed by atoms with E-state index in [-0.39, 0.29) is 37.3 Å². The van der Waals surface area contributed by atoms with Gasteiger partial charge in [0.2, 0.25) is 5.91 Å².